The van der Waals surface area contributed by atoms with E-state index < -0.39 is 19.8 Å². The highest BCUT2D eigenvalue weighted by molar-refractivity contribution is 7.40. The summed E-state index contributed by atoms with van der Waals surface area (Å²) in [7, 11) is -2.00. The molecule has 0 radical (unpaired) electrons. The van der Waals surface area contributed by atoms with Crippen molar-refractivity contribution in [3.05, 3.63) is 71.8 Å². The van der Waals surface area contributed by atoms with E-state index in [0.29, 0.717) is 0 Å². The number of hydrogen-bond donors (Lipinski definition) is 1. The number of benzene rings is 2. The summed E-state index contributed by atoms with van der Waals surface area (Å²) >= 11 is 0. The molecule has 1 N–H and O–H groups in total. The van der Waals surface area contributed by atoms with Crippen LogP contribution in [0.5, 0.6) is 0 Å². The fourth-order valence-electron chi connectivity index (χ4n) is 2.19. The molecule has 0 bridgehead atoms. The van der Waals surface area contributed by atoms with E-state index in [4.69, 9.17) is 9.05 Å². The fraction of sp³-hybridized carbons (Fsp3) is 0.333. The standard InChI is InChI=1S/C18H23O3P/c1-17(2,15-11-7-5-8-12-15)20-22(19)21-18(3,4)16-13-9-6-10-14-16/h5-14,19H,1-4H3. The van der Waals surface area contributed by atoms with Gasteiger partial charge in [0.25, 0.3) is 0 Å². The van der Waals surface area contributed by atoms with Crippen molar-refractivity contribution in [1.82, 2.24) is 0 Å². The summed E-state index contributed by atoms with van der Waals surface area (Å²) in [5.74, 6) is 0. The summed E-state index contributed by atoms with van der Waals surface area (Å²) < 4.78 is 11.6. The van der Waals surface area contributed by atoms with E-state index >= 15 is 0 Å². The monoisotopic (exact) mass is 318 g/mol. The van der Waals surface area contributed by atoms with Gasteiger partial charge in [-0.05, 0) is 38.8 Å². The highest BCUT2D eigenvalue weighted by atomic mass is 31.2. The predicted octanol–water partition coefficient (Wildman–Crippen LogP) is 5.11. The van der Waals surface area contributed by atoms with Gasteiger partial charge in [0.05, 0.1) is 11.2 Å². The first kappa shape index (κ1) is 17.1. The molecule has 4 heteroatoms. The van der Waals surface area contributed by atoms with Gasteiger partial charge in [-0.1, -0.05) is 60.7 Å². The molecule has 0 aliphatic rings. The van der Waals surface area contributed by atoms with Gasteiger partial charge < -0.3 is 13.9 Å². The third kappa shape index (κ3) is 4.37. The Morgan fingerprint density at radius 1 is 0.682 bits per heavy atom. The van der Waals surface area contributed by atoms with Crippen LogP contribution in [0.4, 0.5) is 0 Å². The molecule has 0 amide bonds. The molecule has 0 aromatic heterocycles. The molecule has 2 aromatic carbocycles. The third-order valence-corrected chi connectivity index (χ3v) is 4.78. The molecule has 0 saturated heterocycles. The lowest BCUT2D eigenvalue weighted by Crippen LogP contribution is -2.23. The highest BCUT2D eigenvalue weighted by Crippen LogP contribution is 2.47. The molecule has 0 aliphatic carbocycles. The average Bonchev–Trinajstić information content (AvgIpc) is 2.48. The van der Waals surface area contributed by atoms with Crippen molar-refractivity contribution >= 4 is 8.60 Å². The van der Waals surface area contributed by atoms with E-state index in [9.17, 15) is 4.89 Å². The van der Waals surface area contributed by atoms with Crippen molar-refractivity contribution in [2.45, 2.75) is 38.9 Å². The normalized spacial score (nSPS) is 12.6. The Labute approximate surface area is 133 Å². The van der Waals surface area contributed by atoms with Gasteiger partial charge in [0.2, 0.25) is 0 Å². The number of hydrogen-bond acceptors (Lipinski definition) is 3. The summed E-state index contributed by atoms with van der Waals surface area (Å²) in [5, 5.41) is 0. The second-order valence-corrected chi connectivity index (χ2v) is 7.01. The van der Waals surface area contributed by atoms with E-state index in [2.05, 4.69) is 0 Å². The van der Waals surface area contributed by atoms with Crippen LogP contribution in [0.1, 0.15) is 38.8 Å². The molecular weight excluding hydrogens is 295 g/mol. The first-order valence-electron chi connectivity index (χ1n) is 7.29. The van der Waals surface area contributed by atoms with E-state index in [-0.39, 0.29) is 0 Å². The van der Waals surface area contributed by atoms with E-state index in [1.54, 1.807) is 0 Å². The minimum absolute atomic E-state index is 0.617. The molecule has 0 aliphatic heterocycles. The predicted molar refractivity (Wildman–Crippen MR) is 90.2 cm³/mol. The first-order chi connectivity index (χ1) is 10.3. The molecule has 2 aromatic rings. The van der Waals surface area contributed by atoms with Crippen LogP contribution in [0, 0.1) is 0 Å². The Hall–Kier alpha value is -1.25. The zero-order valence-corrected chi connectivity index (χ0v) is 14.4. The van der Waals surface area contributed by atoms with Crippen LogP contribution in [-0.2, 0) is 20.2 Å². The molecule has 0 spiro atoms. The zero-order valence-electron chi connectivity index (χ0n) is 13.5. The highest BCUT2D eigenvalue weighted by Gasteiger charge is 2.31. The first-order valence-corrected chi connectivity index (χ1v) is 8.43. The van der Waals surface area contributed by atoms with Crippen LogP contribution in [-0.4, -0.2) is 4.89 Å². The molecule has 0 fully saturated rings. The van der Waals surface area contributed by atoms with Crippen LogP contribution in [0.15, 0.2) is 60.7 Å². The SMILES string of the molecule is CC(C)(OP(O)OC(C)(C)c1ccccc1)c1ccccc1. The molecule has 3 nitrogen and oxygen atoms in total. The van der Waals surface area contributed by atoms with Crippen LogP contribution >= 0.6 is 8.60 Å². The molecular formula is C18H23O3P. The van der Waals surface area contributed by atoms with Gasteiger partial charge in [-0.2, -0.15) is 0 Å². The second kappa shape index (κ2) is 6.89. The minimum Gasteiger partial charge on any atom is -0.328 e. The second-order valence-electron chi connectivity index (χ2n) is 6.17. The quantitative estimate of drug-likeness (QED) is 0.752. The maximum absolute atomic E-state index is 10.3. The van der Waals surface area contributed by atoms with Gasteiger partial charge in [0.1, 0.15) is 0 Å². The van der Waals surface area contributed by atoms with Crippen molar-refractivity contribution < 1.29 is 13.9 Å². The summed E-state index contributed by atoms with van der Waals surface area (Å²) in [6.07, 6.45) is 0. The molecule has 22 heavy (non-hydrogen) atoms. The van der Waals surface area contributed by atoms with E-state index in [1.807, 2.05) is 88.4 Å². The lowest BCUT2D eigenvalue weighted by atomic mass is 9.99. The van der Waals surface area contributed by atoms with Gasteiger partial charge in [-0.25, -0.2) is 0 Å². The van der Waals surface area contributed by atoms with Gasteiger partial charge in [0, 0.05) is 0 Å². The van der Waals surface area contributed by atoms with Crippen molar-refractivity contribution in [2.24, 2.45) is 0 Å². The van der Waals surface area contributed by atoms with Crippen molar-refractivity contribution in [3.8, 4) is 0 Å². The maximum atomic E-state index is 10.3. The Balaban J connectivity index is 2.05. The lowest BCUT2D eigenvalue weighted by Gasteiger charge is -2.32. The Morgan fingerprint density at radius 3 is 1.32 bits per heavy atom. The summed E-state index contributed by atoms with van der Waals surface area (Å²) in [4.78, 5) is 10.3. The smallest absolute Gasteiger partial charge is 0.328 e. The summed E-state index contributed by atoms with van der Waals surface area (Å²) in [5.41, 5.74) is 0.763. The Kier molecular flexibility index (Phi) is 5.36. The molecule has 118 valence electrons. The van der Waals surface area contributed by atoms with Crippen LogP contribution in [0.25, 0.3) is 0 Å². The van der Waals surface area contributed by atoms with Gasteiger partial charge in [-0.3, -0.25) is 0 Å². The van der Waals surface area contributed by atoms with Gasteiger partial charge in [-0.15, -0.1) is 0 Å². The summed E-state index contributed by atoms with van der Waals surface area (Å²) in [6, 6.07) is 19.6. The molecule has 2 rings (SSSR count). The van der Waals surface area contributed by atoms with Crippen molar-refractivity contribution in [3.63, 3.8) is 0 Å². The van der Waals surface area contributed by atoms with Crippen LogP contribution in [0.3, 0.4) is 0 Å². The molecule has 0 saturated carbocycles. The van der Waals surface area contributed by atoms with Crippen molar-refractivity contribution in [1.29, 1.82) is 0 Å². The van der Waals surface area contributed by atoms with Gasteiger partial charge >= 0.3 is 8.60 Å². The number of rotatable bonds is 6. The Bertz CT molecular complexity index is 528. The molecule has 0 unspecified atom stereocenters. The lowest BCUT2D eigenvalue weighted by molar-refractivity contribution is 0.0268. The average molecular weight is 318 g/mol. The minimum atomic E-state index is -2.00. The fourth-order valence-corrected chi connectivity index (χ4v) is 3.22. The third-order valence-electron chi connectivity index (χ3n) is 3.55. The molecule has 0 atom stereocenters. The Morgan fingerprint density at radius 2 is 1.00 bits per heavy atom. The van der Waals surface area contributed by atoms with Crippen LogP contribution in [0.2, 0.25) is 0 Å². The van der Waals surface area contributed by atoms with E-state index in [1.165, 1.54) is 0 Å². The van der Waals surface area contributed by atoms with Crippen LogP contribution < -0.4 is 0 Å². The van der Waals surface area contributed by atoms with Gasteiger partial charge in [0.15, 0.2) is 0 Å². The summed E-state index contributed by atoms with van der Waals surface area (Å²) in [6.45, 7) is 7.69. The van der Waals surface area contributed by atoms with E-state index in [0.717, 1.165) is 11.1 Å². The van der Waals surface area contributed by atoms with Crippen molar-refractivity contribution in [2.75, 3.05) is 0 Å². The molecule has 0 heterocycles. The largest absolute Gasteiger partial charge is 0.331 e. The topological polar surface area (TPSA) is 38.7 Å². The zero-order chi connectivity index (χ0) is 16.2. The maximum Gasteiger partial charge on any atom is 0.331 e.